The van der Waals surface area contributed by atoms with Crippen LogP contribution in [-0.4, -0.2) is 52.3 Å². The maximum Gasteiger partial charge on any atom is 0.410 e. The van der Waals surface area contributed by atoms with E-state index in [1.165, 1.54) is 4.90 Å². The lowest BCUT2D eigenvalue weighted by molar-refractivity contribution is -0.145. The van der Waals surface area contributed by atoms with Gasteiger partial charge in [0.15, 0.2) is 0 Å². The predicted octanol–water partition coefficient (Wildman–Crippen LogP) is 3.58. The molecule has 0 radical (unpaired) electrons. The van der Waals surface area contributed by atoms with Crippen LogP contribution in [-0.2, 0) is 19.1 Å². The molecule has 0 spiro atoms. The van der Waals surface area contributed by atoms with E-state index in [4.69, 9.17) is 9.47 Å². The average Bonchev–Trinajstić information content (AvgIpc) is 3.34. The number of rotatable bonds is 8. The van der Waals surface area contributed by atoms with Gasteiger partial charge in [-0.15, -0.1) is 0 Å². The Hall–Kier alpha value is -2.57. The van der Waals surface area contributed by atoms with Gasteiger partial charge in [0.05, 0.1) is 25.5 Å². The molecule has 1 unspecified atom stereocenters. The minimum absolute atomic E-state index is 0.0900. The number of esters is 1. The molecule has 154 valence electrons. The Kier molecular flexibility index (Phi) is 7.05. The molecule has 1 aromatic carbocycles. The Labute approximate surface area is 165 Å². The molecule has 1 fully saturated rings. The smallest absolute Gasteiger partial charge is 0.410 e. The van der Waals surface area contributed by atoms with Crippen LogP contribution >= 0.6 is 0 Å². The zero-order valence-corrected chi connectivity index (χ0v) is 16.9. The summed E-state index contributed by atoms with van der Waals surface area (Å²) < 4.78 is 10.5. The van der Waals surface area contributed by atoms with Gasteiger partial charge in [-0.3, -0.25) is 9.59 Å². The highest BCUT2D eigenvalue weighted by Crippen LogP contribution is 2.46. The third-order valence-electron chi connectivity index (χ3n) is 4.46. The van der Waals surface area contributed by atoms with Gasteiger partial charge in [-0.2, -0.15) is 0 Å². The Morgan fingerprint density at radius 2 is 1.82 bits per heavy atom. The molecule has 7 heteroatoms. The first kappa shape index (κ1) is 21.7. The number of carboxylic acids is 1. The summed E-state index contributed by atoms with van der Waals surface area (Å²) in [5.41, 5.74) is 0.343. The zero-order valence-electron chi connectivity index (χ0n) is 16.9. The summed E-state index contributed by atoms with van der Waals surface area (Å²) in [6.45, 7) is 7.13. The van der Waals surface area contributed by atoms with E-state index in [1.54, 1.807) is 27.7 Å². The molecule has 1 saturated carbocycles. The van der Waals surface area contributed by atoms with Crippen molar-refractivity contribution in [3.8, 4) is 0 Å². The van der Waals surface area contributed by atoms with Crippen molar-refractivity contribution in [3.63, 3.8) is 0 Å². The lowest BCUT2D eigenvalue weighted by Crippen LogP contribution is -2.47. The molecule has 7 nitrogen and oxygen atoms in total. The number of carbonyl (C=O) groups excluding carboxylic acids is 2. The highest BCUT2D eigenvalue weighted by Gasteiger charge is 2.49. The largest absolute Gasteiger partial charge is 0.481 e. The van der Waals surface area contributed by atoms with E-state index in [9.17, 15) is 19.5 Å². The molecular weight excluding hydrogens is 362 g/mol. The molecule has 1 aliphatic rings. The lowest BCUT2D eigenvalue weighted by Gasteiger charge is -2.33. The number of benzene rings is 1. The number of hydrogen-bond acceptors (Lipinski definition) is 5. The first-order valence-corrected chi connectivity index (χ1v) is 9.56. The van der Waals surface area contributed by atoms with Crippen molar-refractivity contribution in [2.45, 2.75) is 70.6 Å². The van der Waals surface area contributed by atoms with E-state index in [0.717, 1.165) is 5.56 Å². The van der Waals surface area contributed by atoms with Gasteiger partial charge < -0.3 is 19.5 Å². The fourth-order valence-electron chi connectivity index (χ4n) is 3.30. The van der Waals surface area contributed by atoms with Gasteiger partial charge in [0.1, 0.15) is 5.60 Å². The zero-order chi connectivity index (χ0) is 20.9. The van der Waals surface area contributed by atoms with Crippen molar-refractivity contribution in [1.82, 2.24) is 4.90 Å². The van der Waals surface area contributed by atoms with Gasteiger partial charge in [0.25, 0.3) is 0 Å². The number of hydrogen-bond donors (Lipinski definition) is 1. The van der Waals surface area contributed by atoms with E-state index in [1.807, 2.05) is 30.3 Å². The number of aliphatic carboxylic acids is 1. The maximum atomic E-state index is 12.9. The molecule has 1 amide bonds. The molecule has 2 rings (SSSR count). The summed E-state index contributed by atoms with van der Waals surface area (Å²) in [6, 6.07) is 8.69. The van der Waals surface area contributed by atoms with Crippen LogP contribution in [0, 0.1) is 0 Å². The number of ether oxygens (including phenoxy) is 2. The number of carboxylic acid groups (broad SMARTS) is 1. The van der Waals surface area contributed by atoms with Gasteiger partial charge in [-0.05, 0) is 39.7 Å². The quantitative estimate of drug-likeness (QED) is 0.681. The number of amides is 1. The van der Waals surface area contributed by atoms with Crippen LogP contribution in [0.1, 0.15) is 58.4 Å². The molecule has 0 saturated heterocycles. The van der Waals surface area contributed by atoms with Crippen LogP contribution in [0.15, 0.2) is 30.3 Å². The van der Waals surface area contributed by atoms with Crippen LogP contribution < -0.4 is 0 Å². The van der Waals surface area contributed by atoms with Crippen LogP contribution in [0.2, 0.25) is 0 Å². The molecule has 0 aromatic heterocycles. The molecule has 0 heterocycles. The van der Waals surface area contributed by atoms with E-state index in [-0.39, 0.29) is 31.4 Å². The van der Waals surface area contributed by atoms with Gasteiger partial charge in [-0.1, -0.05) is 30.3 Å². The summed E-state index contributed by atoms with van der Waals surface area (Å²) in [5, 5.41) is 9.34. The highest BCUT2D eigenvalue weighted by atomic mass is 16.6. The van der Waals surface area contributed by atoms with Crippen molar-refractivity contribution in [1.29, 1.82) is 0 Å². The van der Waals surface area contributed by atoms with Gasteiger partial charge in [0.2, 0.25) is 0 Å². The van der Waals surface area contributed by atoms with Crippen molar-refractivity contribution in [2.75, 3.05) is 6.61 Å². The summed E-state index contributed by atoms with van der Waals surface area (Å²) in [7, 11) is 0. The van der Waals surface area contributed by atoms with Crippen molar-refractivity contribution in [3.05, 3.63) is 35.9 Å². The minimum Gasteiger partial charge on any atom is -0.481 e. The van der Waals surface area contributed by atoms with Crippen LogP contribution in [0.25, 0.3) is 0 Å². The van der Waals surface area contributed by atoms with E-state index in [0.29, 0.717) is 6.42 Å². The minimum atomic E-state index is -1.08. The summed E-state index contributed by atoms with van der Waals surface area (Å²) in [6.07, 6.45) is -0.443. The van der Waals surface area contributed by atoms with Gasteiger partial charge in [-0.25, -0.2) is 4.79 Å². The first-order valence-electron chi connectivity index (χ1n) is 9.56. The summed E-state index contributed by atoms with van der Waals surface area (Å²) in [4.78, 5) is 37.8. The third-order valence-corrected chi connectivity index (χ3v) is 4.46. The Morgan fingerprint density at radius 3 is 2.36 bits per heavy atom. The van der Waals surface area contributed by atoms with Crippen LogP contribution in [0.4, 0.5) is 4.79 Å². The molecule has 0 bridgehead atoms. The Bertz CT molecular complexity index is 697. The molecular formula is C21H29NO6. The number of nitrogens with zero attached hydrogens (tertiary/aromatic N) is 1. The second-order valence-corrected chi connectivity index (χ2v) is 7.97. The predicted molar refractivity (Wildman–Crippen MR) is 103 cm³/mol. The van der Waals surface area contributed by atoms with E-state index >= 15 is 0 Å². The molecule has 1 aromatic rings. The summed E-state index contributed by atoms with van der Waals surface area (Å²) >= 11 is 0. The fraction of sp³-hybridized carbons (Fsp3) is 0.571. The molecule has 1 aliphatic carbocycles. The Balaban J connectivity index is 2.28. The molecule has 28 heavy (non-hydrogen) atoms. The third kappa shape index (κ3) is 6.25. The van der Waals surface area contributed by atoms with E-state index in [2.05, 4.69) is 0 Å². The van der Waals surface area contributed by atoms with Crippen molar-refractivity contribution < 1.29 is 29.0 Å². The lowest BCUT2D eigenvalue weighted by atomic mass is 10.1. The molecule has 1 N–H and O–H groups in total. The van der Waals surface area contributed by atoms with Crippen molar-refractivity contribution >= 4 is 18.0 Å². The van der Waals surface area contributed by atoms with Crippen molar-refractivity contribution in [2.24, 2.45) is 0 Å². The second kappa shape index (κ2) is 9.08. The molecule has 0 aliphatic heterocycles. The van der Waals surface area contributed by atoms with Crippen LogP contribution in [0.3, 0.4) is 0 Å². The average molecular weight is 391 g/mol. The topological polar surface area (TPSA) is 93.1 Å². The second-order valence-electron chi connectivity index (χ2n) is 7.97. The highest BCUT2D eigenvalue weighted by molar-refractivity contribution is 5.76. The summed E-state index contributed by atoms with van der Waals surface area (Å²) in [5.74, 6) is -1.52. The SMILES string of the molecule is CCOC(=O)CC(CC(=O)O)N(C(=O)OC(C)(C)C)[C@@H]1C[C@H]1c1ccccc1. The number of carbonyl (C=O) groups is 3. The van der Waals surface area contributed by atoms with E-state index < -0.39 is 29.7 Å². The fourth-order valence-corrected chi connectivity index (χ4v) is 3.30. The Morgan fingerprint density at radius 1 is 1.18 bits per heavy atom. The maximum absolute atomic E-state index is 12.9. The first-order chi connectivity index (χ1) is 13.1. The monoisotopic (exact) mass is 391 g/mol. The van der Waals surface area contributed by atoms with Gasteiger partial charge >= 0.3 is 18.0 Å². The standard InChI is InChI=1S/C21H29NO6/c1-5-27-19(25)12-15(11-18(23)24)22(20(26)28-21(2,3)4)17-13-16(17)14-9-7-6-8-10-14/h6-10,15-17H,5,11-13H2,1-4H3,(H,23,24)/t15?,16-,17+/m0/s1. The molecule has 3 atom stereocenters. The van der Waals surface area contributed by atoms with Gasteiger partial charge in [0, 0.05) is 12.0 Å². The normalized spacial score (nSPS) is 19.4. The van der Waals surface area contributed by atoms with Crippen LogP contribution in [0.5, 0.6) is 0 Å².